The number of methoxy groups -OCH3 is 1. The van der Waals surface area contributed by atoms with E-state index in [0.717, 1.165) is 5.56 Å². The number of carbonyl (C=O) groups excluding carboxylic acids is 1. The Morgan fingerprint density at radius 1 is 1.44 bits per heavy atom. The first-order chi connectivity index (χ1) is 8.61. The molecule has 0 fully saturated rings. The molecule has 18 heavy (non-hydrogen) atoms. The molecule has 2 rings (SSSR count). The van der Waals surface area contributed by atoms with Gasteiger partial charge in [-0.1, -0.05) is 24.3 Å². The summed E-state index contributed by atoms with van der Waals surface area (Å²) >= 11 is 3.27. The number of ether oxygens (including phenoxy) is 1. The molecule has 0 N–H and O–H groups in total. The number of nitrogens with zero attached hydrogens (tertiary/aromatic N) is 2. The van der Waals surface area contributed by atoms with Crippen LogP contribution in [0.2, 0.25) is 0 Å². The van der Waals surface area contributed by atoms with Crippen LogP contribution >= 0.6 is 15.9 Å². The molecule has 4 nitrogen and oxygen atoms in total. The number of halogens is 1. The van der Waals surface area contributed by atoms with E-state index in [4.69, 9.17) is 4.74 Å². The first-order valence-electron chi connectivity index (χ1n) is 5.48. The van der Waals surface area contributed by atoms with Crippen molar-refractivity contribution in [2.75, 3.05) is 7.11 Å². The summed E-state index contributed by atoms with van der Waals surface area (Å²) in [6.07, 6.45) is 0. The van der Waals surface area contributed by atoms with Crippen LogP contribution in [0.5, 0.6) is 0 Å². The average molecular weight is 309 g/mol. The van der Waals surface area contributed by atoms with Crippen molar-refractivity contribution in [3.8, 4) is 0 Å². The third kappa shape index (κ3) is 2.61. The Hall–Kier alpha value is -1.62. The average Bonchev–Trinajstić information content (AvgIpc) is 2.72. The minimum absolute atomic E-state index is 0.387. The van der Waals surface area contributed by atoms with E-state index in [9.17, 15) is 4.79 Å². The molecule has 0 saturated carbocycles. The zero-order chi connectivity index (χ0) is 13.1. The molecule has 94 valence electrons. The highest BCUT2D eigenvalue weighted by Gasteiger charge is 2.15. The van der Waals surface area contributed by atoms with Crippen molar-refractivity contribution in [1.29, 1.82) is 0 Å². The molecular formula is C13H13BrN2O2. The summed E-state index contributed by atoms with van der Waals surface area (Å²) in [7, 11) is 1.36. The second-order valence-corrected chi connectivity index (χ2v) is 4.74. The summed E-state index contributed by atoms with van der Waals surface area (Å²) in [6, 6.07) is 9.67. The van der Waals surface area contributed by atoms with Crippen LogP contribution in [-0.4, -0.2) is 22.9 Å². The molecule has 1 aromatic carbocycles. The normalized spacial score (nSPS) is 10.4. The van der Waals surface area contributed by atoms with E-state index in [2.05, 4.69) is 21.0 Å². The van der Waals surface area contributed by atoms with Gasteiger partial charge in [-0.3, -0.25) is 4.68 Å². The quantitative estimate of drug-likeness (QED) is 0.819. The van der Waals surface area contributed by atoms with Gasteiger partial charge in [-0.15, -0.1) is 0 Å². The lowest BCUT2D eigenvalue weighted by molar-refractivity contribution is 0.0587. The highest BCUT2D eigenvalue weighted by molar-refractivity contribution is 9.10. The van der Waals surface area contributed by atoms with Gasteiger partial charge in [-0.2, -0.15) is 5.10 Å². The lowest BCUT2D eigenvalue weighted by Crippen LogP contribution is -2.13. The summed E-state index contributed by atoms with van der Waals surface area (Å²) in [5.74, 6) is -0.387. The van der Waals surface area contributed by atoms with E-state index < -0.39 is 0 Å². The number of benzene rings is 1. The van der Waals surface area contributed by atoms with Gasteiger partial charge in [-0.25, -0.2) is 4.79 Å². The van der Waals surface area contributed by atoms with Crippen LogP contribution in [-0.2, 0) is 11.3 Å². The second kappa shape index (κ2) is 5.35. The van der Waals surface area contributed by atoms with Crippen molar-refractivity contribution in [3.63, 3.8) is 0 Å². The van der Waals surface area contributed by atoms with Crippen molar-refractivity contribution in [3.05, 3.63) is 51.8 Å². The highest BCUT2D eigenvalue weighted by Crippen LogP contribution is 2.15. The second-order valence-electron chi connectivity index (χ2n) is 3.93. The van der Waals surface area contributed by atoms with Crippen molar-refractivity contribution in [2.24, 2.45) is 0 Å². The molecular weight excluding hydrogens is 296 g/mol. The van der Waals surface area contributed by atoms with Crippen molar-refractivity contribution >= 4 is 21.9 Å². The standard InChI is InChI=1S/C13H13BrN2O2/c1-9-5-3-4-6-10(9)8-16-11(13(17)18-2)7-12(14)15-16/h3-7H,8H2,1-2H3. The number of esters is 1. The fraction of sp³-hybridized carbons (Fsp3) is 0.231. The largest absolute Gasteiger partial charge is 0.464 e. The monoisotopic (exact) mass is 308 g/mol. The smallest absolute Gasteiger partial charge is 0.356 e. The molecule has 0 aliphatic heterocycles. The van der Waals surface area contributed by atoms with E-state index in [0.29, 0.717) is 16.8 Å². The van der Waals surface area contributed by atoms with Gasteiger partial charge >= 0.3 is 5.97 Å². The zero-order valence-electron chi connectivity index (χ0n) is 10.2. The van der Waals surface area contributed by atoms with Gasteiger partial charge in [0.2, 0.25) is 0 Å². The minimum Gasteiger partial charge on any atom is -0.464 e. The van der Waals surface area contributed by atoms with Gasteiger partial charge in [0.1, 0.15) is 10.3 Å². The molecule has 0 amide bonds. The maximum atomic E-state index is 11.6. The van der Waals surface area contributed by atoms with Crippen molar-refractivity contribution < 1.29 is 9.53 Å². The molecule has 0 spiro atoms. The van der Waals surface area contributed by atoms with Gasteiger partial charge in [0.05, 0.1) is 13.7 Å². The summed E-state index contributed by atoms with van der Waals surface area (Å²) in [5, 5.41) is 4.25. The maximum absolute atomic E-state index is 11.6. The Labute approximate surface area is 114 Å². The first-order valence-corrected chi connectivity index (χ1v) is 6.27. The van der Waals surface area contributed by atoms with Crippen molar-refractivity contribution in [2.45, 2.75) is 13.5 Å². The Kier molecular flexibility index (Phi) is 3.81. The van der Waals surface area contributed by atoms with E-state index in [1.54, 1.807) is 10.7 Å². The fourth-order valence-corrected chi connectivity index (χ4v) is 2.13. The number of carbonyl (C=O) groups is 1. The van der Waals surface area contributed by atoms with Gasteiger partial charge in [0.25, 0.3) is 0 Å². The third-order valence-electron chi connectivity index (χ3n) is 2.73. The molecule has 0 aliphatic carbocycles. The molecule has 5 heteroatoms. The molecule has 1 heterocycles. The van der Waals surface area contributed by atoms with Gasteiger partial charge in [-0.05, 0) is 34.0 Å². The Bertz CT molecular complexity index is 578. The predicted octanol–water partition coefficient (Wildman–Crippen LogP) is 2.79. The molecule has 1 aromatic heterocycles. The molecule has 2 aromatic rings. The van der Waals surface area contributed by atoms with Crippen LogP contribution in [0.4, 0.5) is 0 Å². The molecule has 0 saturated heterocycles. The number of rotatable bonds is 3. The minimum atomic E-state index is -0.387. The van der Waals surface area contributed by atoms with Gasteiger partial charge in [0, 0.05) is 6.07 Å². The Balaban J connectivity index is 2.35. The number of aryl methyl sites for hydroxylation is 1. The van der Waals surface area contributed by atoms with E-state index in [1.165, 1.54) is 12.7 Å². The van der Waals surface area contributed by atoms with Crippen LogP contribution in [0.15, 0.2) is 34.9 Å². The number of hydrogen-bond donors (Lipinski definition) is 0. The predicted molar refractivity (Wildman–Crippen MR) is 71.5 cm³/mol. The third-order valence-corrected chi connectivity index (χ3v) is 3.11. The summed E-state index contributed by atoms with van der Waals surface area (Å²) in [6.45, 7) is 2.58. The van der Waals surface area contributed by atoms with E-state index in [1.807, 2.05) is 31.2 Å². The SMILES string of the molecule is COC(=O)c1cc(Br)nn1Cc1ccccc1C. The maximum Gasteiger partial charge on any atom is 0.356 e. The topological polar surface area (TPSA) is 44.1 Å². The number of hydrogen-bond acceptors (Lipinski definition) is 3. The lowest BCUT2D eigenvalue weighted by atomic mass is 10.1. The molecule has 0 atom stereocenters. The summed E-state index contributed by atoms with van der Waals surface area (Å²) in [5.41, 5.74) is 2.73. The van der Waals surface area contributed by atoms with Gasteiger partial charge in [0.15, 0.2) is 0 Å². The van der Waals surface area contributed by atoms with Crippen LogP contribution in [0.1, 0.15) is 21.6 Å². The molecule has 0 aliphatic rings. The zero-order valence-corrected chi connectivity index (χ0v) is 11.8. The van der Waals surface area contributed by atoms with Gasteiger partial charge < -0.3 is 4.74 Å². The van der Waals surface area contributed by atoms with Crippen LogP contribution in [0.3, 0.4) is 0 Å². The molecule has 0 bridgehead atoms. The first kappa shape index (κ1) is 12.8. The Morgan fingerprint density at radius 2 is 2.17 bits per heavy atom. The summed E-state index contributed by atoms with van der Waals surface area (Å²) in [4.78, 5) is 11.6. The molecule has 0 radical (unpaired) electrons. The fourth-order valence-electron chi connectivity index (χ4n) is 1.72. The van der Waals surface area contributed by atoms with E-state index in [-0.39, 0.29) is 5.97 Å². The van der Waals surface area contributed by atoms with Crippen LogP contribution < -0.4 is 0 Å². The lowest BCUT2D eigenvalue weighted by Gasteiger charge is -2.08. The highest BCUT2D eigenvalue weighted by atomic mass is 79.9. The summed E-state index contributed by atoms with van der Waals surface area (Å²) < 4.78 is 7.00. The van der Waals surface area contributed by atoms with Crippen LogP contribution in [0.25, 0.3) is 0 Å². The molecule has 0 unspecified atom stereocenters. The number of aromatic nitrogens is 2. The van der Waals surface area contributed by atoms with Crippen LogP contribution in [0, 0.1) is 6.92 Å². The Morgan fingerprint density at radius 3 is 2.83 bits per heavy atom. The van der Waals surface area contributed by atoms with Crippen molar-refractivity contribution in [1.82, 2.24) is 9.78 Å². The van der Waals surface area contributed by atoms with E-state index >= 15 is 0 Å².